The molecule has 21 heavy (non-hydrogen) atoms. The number of aryl methyl sites for hydroxylation is 2. The second-order valence-electron chi connectivity index (χ2n) is 5.22. The van der Waals surface area contributed by atoms with Crippen molar-refractivity contribution in [3.8, 4) is 0 Å². The molecule has 0 saturated heterocycles. The summed E-state index contributed by atoms with van der Waals surface area (Å²) in [5, 5.41) is 2.58. The molecule has 0 saturated carbocycles. The second kappa shape index (κ2) is 8.67. The minimum Gasteiger partial charge on any atom is -0.359 e. The van der Waals surface area contributed by atoms with Gasteiger partial charge < -0.3 is 10.2 Å². The Morgan fingerprint density at radius 1 is 1.19 bits per heavy atom. The zero-order chi connectivity index (χ0) is 15.8. The summed E-state index contributed by atoms with van der Waals surface area (Å²) in [5.74, 6) is -0.155. The van der Waals surface area contributed by atoms with Crippen molar-refractivity contribution in [1.82, 2.24) is 10.2 Å². The Labute approximate surface area is 131 Å². The molecule has 0 unspecified atom stereocenters. The molecule has 1 N–H and O–H groups in total. The molecule has 116 valence electrons. The van der Waals surface area contributed by atoms with Gasteiger partial charge in [0.15, 0.2) is 0 Å². The predicted molar refractivity (Wildman–Crippen MR) is 85.4 cm³/mol. The maximum Gasteiger partial charge on any atom is 0.237 e. The lowest BCUT2D eigenvalue weighted by Gasteiger charge is -2.22. The highest BCUT2D eigenvalue weighted by molar-refractivity contribution is 6.27. The summed E-state index contributed by atoms with van der Waals surface area (Å²) in [7, 11) is 1.61. The second-order valence-corrected chi connectivity index (χ2v) is 5.49. The maximum absolute atomic E-state index is 11.9. The summed E-state index contributed by atoms with van der Waals surface area (Å²) < 4.78 is 0. The van der Waals surface area contributed by atoms with Gasteiger partial charge in [-0.2, -0.15) is 0 Å². The Morgan fingerprint density at radius 2 is 1.81 bits per heavy atom. The first-order chi connectivity index (χ1) is 9.96. The fraction of sp³-hybridized carbons (Fsp3) is 0.500. The van der Waals surface area contributed by atoms with Crippen LogP contribution in [0.15, 0.2) is 18.2 Å². The lowest BCUT2D eigenvalue weighted by atomic mass is 10.1. The van der Waals surface area contributed by atoms with Crippen LogP contribution in [0.4, 0.5) is 0 Å². The first kappa shape index (κ1) is 17.5. The van der Waals surface area contributed by atoms with E-state index in [2.05, 4.69) is 23.5 Å². The number of benzene rings is 1. The van der Waals surface area contributed by atoms with E-state index in [0.29, 0.717) is 25.9 Å². The highest BCUT2D eigenvalue weighted by atomic mass is 35.5. The number of nitrogens with one attached hydrogen (secondary N) is 1. The van der Waals surface area contributed by atoms with Gasteiger partial charge in [-0.3, -0.25) is 9.59 Å². The Kier molecular flexibility index (Phi) is 7.23. The van der Waals surface area contributed by atoms with Crippen molar-refractivity contribution in [3.05, 3.63) is 34.9 Å². The highest BCUT2D eigenvalue weighted by Gasteiger charge is 2.13. The average Bonchev–Trinajstić information content (AvgIpc) is 2.44. The van der Waals surface area contributed by atoms with Crippen molar-refractivity contribution < 1.29 is 9.59 Å². The van der Waals surface area contributed by atoms with Gasteiger partial charge in [-0.25, -0.2) is 0 Å². The van der Waals surface area contributed by atoms with E-state index >= 15 is 0 Å². The fourth-order valence-corrected chi connectivity index (χ4v) is 2.48. The normalized spacial score (nSPS) is 10.3. The Bertz CT molecular complexity index is 483. The third kappa shape index (κ3) is 6.17. The first-order valence-electron chi connectivity index (χ1n) is 7.07. The quantitative estimate of drug-likeness (QED) is 0.786. The Morgan fingerprint density at radius 3 is 2.33 bits per heavy atom. The van der Waals surface area contributed by atoms with Crippen molar-refractivity contribution in [1.29, 1.82) is 0 Å². The van der Waals surface area contributed by atoms with Crippen LogP contribution in [0.5, 0.6) is 0 Å². The van der Waals surface area contributed by atoms with Gasteiger partial charge in [0.2, 0.25) is 11.8 Å². The number of carbonyl (C=O) groups is 2. The molecule has 1 aromatic rings. The molecule has 4 nitrogen and oxygen atoms in total. The van der Waals surface area contributed by atoms with Gasteiger partial charge in [0, 0.05) is 26.6 Å². The molecule has 0 aliphatic rings. The number of hydrogen-bond donors (Lipinski definition) is 1. The zero-order valence-electron chi connectivity index (χ0n) is 12.9. The summed E-state index contributed by atoms with van der Waals surface area (Å²) >= 11 is 5.67. The molecule has 0 bridgehead atoms. The molecule has 0 atom stereocenters. The third-order valence-corrected chi connectivity index (χ3v) is 3.46. The van der Waals surface area contributed by atoms with E-state index in [0.717, 1.165) is 5.56 Å². The number of amides is 2. The predicted octanol–water partition coefficient (Wildman–Crippen LogP) is 2.40. The summed E-state index contributed by atoms with van der Waals surface area (Å²) in [6.45, 7) is 5.14. The van der Waals surface area contributed by atoms with Gasteiger partial charge in [0.1, 0.15) is 5.88 Å². The van der Waals surface area contributed by atoms with Crippen molar-refractivity contribution in [3.63, 3.8) is 0 Å². The van der Waals surface area contributed by atoms with Gasteiger partial charge in [-0.1, -0.05) is 29.3 Å². The smallest absolute Gasteiger partial charge is 0.237 e. The molecule has 1 aromatic carbocycles. The summed E-state index contributed by atoms with van der Waals surface area (Å²) in [4.78, 5) is 24.9. The van der Waals surface area contributed by atoms with E-state index in [4.69, 9.17) is 11.6 Å². The molecule has 0 spiro atoms. The molecule has 5 heteroatoms. The Hall–Kier alpha value is -1.55. The van der Waals surface area contributed by atoms with E-state index in [1.807, 2.05) is 13.8 Å². The van der Waals surface area contributed by atoms with E-state index in [-0.39, 0.29) is 17.7 Å². The van der Waals surface area contributed by atoms with Gasteiger partial charge in [0.25, 0.3) is 0 Å². The van der Waals surface area contributed by atoms with Crippen molar-refractivity contribution in [2.75, 3.05) is 19.5 Å². The van der Waals surface area contributed by atoms with Crippen LogP contribution in [-0.4, -0.2) is 36.2 Å². The van der Waals surface area contributed by atoms with Crippen molar-refractivity contribution in [2.24, 2.45) is 0 Å². The Balaban J connectivity index is 2.69. The highest BCUT2D eigenvalue weighted by Crippen LogP contribution is 2.12. The van der Waals surface area contributed by atoms with Gasteiger partial charge in [-0.15, -0.1) is 11.6 Å². The molecular weight excluding hydrogens is 288 g/mol. The molecule has 0 aliphatic carbocycles. The van der Waals surface area contributed by atoms with E-state index < -0.39 is 0 Å². The summed E-state index contributed by atoms with van der Waals surface area (Å²) in [6, 6.07) is 6.24. The minimum atomic E-state index is -0.104. The van der Waals surface area contributed by atoms with Crippen LogP contribution < -0.4 is 5.32 Å². The molecule has 0 fully saturated rings. The molecule has 0 aromatic heterocycles. The molecule has 0 radical (unpaired) electrons. The lowest BCUT2D eigenvalue weighted by Crippen LogP contribution is -2.33. The summed E-state index contributed by atoms with van der Waals surface area (Å²) in [6.07, 6.45) is 1.04. The maximum atomic E-state index is 11.9. The van der Waals surface area contributed by atoms with E-state index in [9.17, 15) is 9.59 Å². The fourth-order valence-electron chi connectivity index (χ4n) is 2.31. The van der Waals surface area contributed by atoms with Crippen LogP contribution in [0.1, 0.15) is 29.5 Å². The molecule has 0 heterocycles. The van der Waals surface area contributed by atoms with E-state index in [1.54, 1.807) is 11.9 Å². The van der Waals surface area contributed by atoms with Crippen LogP contribution in [0.3, 0.4) is 0 Å². The third-order valence-electron chi connectivity index (χ3n) is 3.23. The monoisotopic (exact) mass is 310 g/mol. The number of alkyl halides is 1. The van der Waals surface area contributed by atoms with Crippen LogP contribution >= 0.6 is 11.6 Å². The van der Waals surface area contributed by atoms with Crippen LogP contribution in [-0.2, 0) is 16.1 Å². The van der Waals surface area contributed by atoms with Gasteiger partial charge in [-0.05, 0) is 25.8 Å². The van der Waals surface area contributed by atoms with Gasteiger partial charge >= 0.3 is 0 Å². The lowest BCUT2D eigenvalue weighted by molar-refractivity contribution is -0.129. The first-order valence-corrected chi connectivity index (χ1v) is 7.61. The number of carbonyl (C=O) groups excluding carboxylic acids is 2. The summed E-state index contributed by atoms with van der Waals surface area (Å²) in [5.41, 5.74) is 3.44. The molecular formula is C16H23ClN2O2. The number of nitrogens with zero attached hydrogens (tertiary/aromatic N) is 1. The van der Waals surface area contributed by atoms with Crippen molar-refractivity contribution in [2.45, 2.75) is 33.2 Å². The SMILES string of the molecule is CNC(=O)CCCN(Cc1cc(C)cc(C)c1)C(=O)CCl. The van der Waals surface area contributed by atoms with Crippen molar-refractivity contribution >= 4 is 23.4 Å². The zero-order valence-corrected chi connectivity index (χ0v) is 13.7. The molecule has 1 rings (SSSR count). The van der Waals surface area contributed by atoms with Crippen LogP contribution in [0, 0.1) is 13.8 Å². The van der Waals surface area contributed by atoms with Crippen LogP contribution in [0.25, 0.3) is 0 Å². The van der Waals surface area contributed by atoms with Gasteiger partial charge in [0.05, 0.1) is 0 Å². The topological polar surface area (TPSA) is 49.4 Å². The number of rotatable bonds is 7. The standard InChI is InChI=1S/C16H23ClN2O2/c1-12-7-13(2)9-14(8-12)11-19(16(21)10-17)6-4-5-15(20)18-3/h7-9H,4-6,10-11H2,1-3H3,(H,18,20). The van der Waals surface area contributed by atoms with E-state index in [1.165, 1.54) is 11.1 Å². The number of halogens is 1. The average molecular weight is 311 g/mol. The molecule has 2 amide bonds. The number of hydrogen-bond acceptors (Lipinski definition) is 2. The minimum absolute atomic E-state index is 0.0142. The van der Waals surface area contributed by atoms with Crippen LogP contribution in [0.2, 0.25) is 0 Å². The molecule has 0 aliphatic heterocycles. The largest absolute Gasteiger partial charge is 0.359 e.